The number of rotatable bonds is 8. The van der Waals surface area contributed by atoms with Crippen molar-refractivity contribution in [3.8, 4) is 0 Å². The minimum Gasteiger partial charge on any atom is -0.370 e. The van der Waals surface area contributed by atoms with Gasteiger partial charge in [0.05, 0.1) is 12.3 Å². The monoisotopic (exact) mass is 404 g/mol. The molecule has 158 valence electrons. The van der Waals surface area contributed by atoms with Crippen molar-refractivity contribution in [2.75, 3.05) is 43.1 Å². The number of hydrogen-bond donors (Lipinski definition) is 2. The molecule has 1 saturated heterocycles. The summed E-state index contributed by atoms with van der Waals surface area (Å²) in [5.74, 6) is -0.385. The van der Waals surface area contributed by atoms with Gasteiger partial charge in [-0.15, -0.1) is 0 Å². The van der Waals surface area contributed by atoms with Gasteiger partial charge in [0, 0.05) is 31.4 Å². The molecule has 0 spiro atoms. The van der Waals surface area contributed by atoms with Gasteiger partial charge in [-0.05, 0) is 49.8 Å². The van der Waals surface area contributed by atoms with Crippen molar-refractivity contribution in [2.45, 2.75) is 44.2 Å². The van der Waals surface area contributed by atoms with Gasteiger partial charge < -0.3 is 20.7 Å². The summed E-state index contributed by atoms with van der Waals surface area (Å²) in [6.07, 6.45) is 5.78. The Morgan fingerprint density at radius 1 is 1.34 bits per heavy atom. The van der Waals surface area contributed by atoms with E-state index in [1.165, 1.54) is 36.3 Å². The molecule has 0 unspecified atom stereocenters. The van der Waals surface area contributed by atoms with Crippen LogP contribution in [0.4, 0.5) is 15.8 Å². The van der Waals surface area contributed by atoms with Crippen LogP contribution in [0.3, 0.4) is 0 Å². The maximum Gasteiger partial charge on any atom is 0.253 e. The Balaban J connectivity index is 1.45. The molecule has 1 aliphatic heterocycles. The van der Waals surface area contributed by atoms with E-state index in [0.717, 1.165) is 19.4 Å². The number of nitrogens with one attached hydrogen (secondary N) is 1. The average molecular weight is 404 g/mol. The molecular formula is C21H29FN4O3. The van der Waals surface area contributed by atoms with Crippen molar-refractivity contribution in [1.82, 2.24) is 4.90 Å². The van der Waals surface area contributed by atoms with Crippen molar-refractivity contribution < 1.29 is 18.7 Å². The van der Waals surface area contributed by atoms with E-state index in [1.807, 2.05) is 0 Å². The van der Waals surface area contributed by atoms with Crippen LogP contribution in [0, 0.1) is 11.7 Å². The molecule has 2 saturated carbocycles. The van der Waals surface area contributed by atoms with Crippen LogP contribution in [0.25, 0.3) is 0 Å². The van der Waals surface area contributed by atoms with Gasteiger partial charge >= 0.3 is 0 Å². The van der Waals surface area contributed by atoms with Crippen molar-refractivity contribution in [3.05, 3.63) is 24.0 Å². The normalized spacial score (nSPS) is 21.2. The van der Waals surface area contributed by atoms with Crippen LogP contribution < -0.4 is 16.0 Å². The molecule has 0 aromatic heterocycles. The molecule has 4 rings (SSSR count). The smallest absolute Gasteiger partial charge is 0.253 e. The molecule has 29 heavy (non-hydrogen) atoms. The summed E-state index contributed by atoms with van der Waals surface area (Å²) in [5.41, 5.74) is 6.54. The molecule has 3 N–H and O–H groups in total. The highest BCUT2D eigenvalue weighted by Crippen LogP contribution is 2.35. The van der Waals surface area contributed by atoms with E-state index in [0.29, 0.717) is 30.8 Å². The van der Waals surface area contributed by atoms with Crippen LogP contribution in [0.2, 0.25) is 0 Å². The standard InChI is InChI=1S/C21H29FN4O3/c22-17-10-16(25-8-9-29-13-20(25)27)6-7-18(17)24-21(28)19(11-23)26(12-14-4-5-14)15-2-1-3-15/h6-7,10,14-15,19H,1-5,8-9,11-13,23H2,(H,24,28)/t19-/m1/s1. The zero-order valence-electron chi connectivity index (χ0n) is 16.6. The molecule has 3 fully saturated rings. The fraction of sp³-hybridized carbons (Fsp3) is 0.619. The van der Waals surface area contributed by atoms with Crippen LogP contribution in [-0.4, -0.2) is 61.6 Å². The van der Waals surface area contributed by atoms with Gasteiger partial charge in [0.2, 0.25) is 5.91 Å². The van der Waals surface area contributed by atoms with E-state index in [4.69, 9.17) is 10.5 Å². The van der Waals surface area contributed by atoms with Gasteiger partial charge in [0.15, 0.2) is 0 Å². The van der Waals surface area contributed by atoms with Crippen molar-refractivity contribution in [1.29, 1.82) is 0 Å². The van der Waals surface area contributed by atoms with Gasteiger partial charge in [-0.25, -0.2) is 4.39 Å². The maximum absolute atomic E-state index is 14.7. The molecule has 8 heteroatoms. The van der Waals surface area contributed by atoms with Crippen LogP contribution in [-0.2, 0) is 14.3 Å². The summed E-state index contributed by atoms with van der Waals surface area (Å²) in [6, 6.07) is 4.38. The number of morpholine rings is 1. The number of carbonyl (C=O) groups is 2. The third kappa shape index (κ3) is 4.60. The van der Waals surface area contributed by atoms with Gasteiger partial charge in [-0.1, -0.05) is 6.42 Å². The van der Waals surface area contributed by atoms with Gasteiger partial charge in [0.1, 0.15) is 18.5 Å². The Bertz CT molecular complexity index is 766. The van der Waals surface area contributed by atoms with E-state index in [2.05, 4.69) is 10.2 Å². The van der Waals surface area contributed by atoms with Crippen molar-refractivity contribution >= 4 is 23.2 Å². The second-order valence-electron chi connectivity index (χ2n) is 8.23. The Hall–Kier alpha value is -2.03. The summed E-state index contributed by atoms with van der Waals surface area (Å²) in [7, 11) is 0. The molecule has 0 bridgehead atoms. The van der Waals surface area contributed by atoms with Gasteiger partial charge in [-0.3, -0.25) is 14.5 Å². The number of hydrogen-bond acceptors (Lipinski definition) is 5. The second-order valence-corrected chi connectivity index (χ2v) is 8.23. The average Bonchev–Trinajstić information content (AvgIpc) is 3.47. The summed E-state index contributed by atoms with van der Waals surface area (Å²) in [5, 5.41) is 2.72. The quantitative estimate of drug-likeness (QED) is 0.689. The molecule has 1 aromatic rings. The van der Waals surface area contributed by atoms with Crippen LogP contribution >= 0.6 is 0 Å². The third-order valence-corrected chi connectivity index (χ3v) is 6.14. The summed E-state index contributed by atoms with van der Waals surface area (Å²) < 4.78 is 19.8. The Labute approximate surface area is 170 Å². The Kier molecular flexibility index (Phi) is 6.12. The lowest BCUT2D eigenvalue weighted by Gasteiger charge is -2.41. The van der Waals surface area contributed by atoms with E-state index >= 15 is 0 Å². The van der Waals surface area contributed by atoms with E-state index in [-0.39, 0.29) is 30.7 Å². The lowest BCUT2D eigenvalue weighted by Crippen LogP contribution is -2.55. The van der Waals surface area contributed by atoms with Gasteiger partial charge in [0.25, 0.3) is 5.91 Å². The first-order valence-corrected chi connectivity index (χ1v) is 10.5. The molecule has 3 aliphatic rings. The summed E-state index contributed by atoms with van der Waals surface area (Å²) >= 11 is 0. The topological polar surface area (TPSA) is 87.9 Å². The fourth-order valence-electron chi connectivity index (χ4n) is 4.02. The highest BCUT2D eigenvalue weighted by Gasteiger charge is 2.37. The zero-order valence-corrected chi connectivity index (χ0v) is 16.6. The van der Waals surface area contributed by atoms with E-state index < -0.39 is 11.9 Å². The first-order valence-electron chi connectivity index (χ1n) is 10.5. The number of ether oxygens (including phenoxy) is 1. The maximum atomic E-state index is 14.7. The lowest BCUT2D eigenvalue weighted by atomic mass is 9.89. The number of benzene rings is 1. The molecule has 1 heterocycles. The molecule has 2 amide bonds. The second kappa shape index (κ2) is 8.77. The molecule has 7 nitrogen and oxygen atoms in total. The van der Waals surface area contributed by atoms with Crippen LogP contribution in [0.15, 0.2) is 18.2 Å². The first-order chi connectivity index (χ1) is 14.1. The minimum atomic E-state index is -0.566. The third-order valence-electron chi connectivity index (χ3n) is 6.14. The fourth-order valence-corrected chi connectivity index (χ4v) is 4.02. The largest absolute Gasteiger partial charge is 0.370 e. The first kappa shape index (κ1) is 20.3. The molecule has 1 aromatic carbocycles. The number of nitrogens with two attached hydrogens (primary N) is 1. The predicted octanol–water partition coefficient (Wildman–Crippen LogP) is 1.72. The number of nitrogens with zero attached hydrogens (tertiary/aromatic N) is 2. The van der Waals surface area contributed by atoms with E-state index in [1.54, 1.807) is 6.07 Å². The molecule has 1 atom stereocenters. The highest BCUT2D eigenvalue weighted by atomic mass is 19.1. The molecule has 2 aliphatic carbocycles. The van der Waals surface area contributed by atoms with Crippen molar-refractivity contribution in [2.24, 2.45) is 11.7 Å². The van der Waals surface area contributed by atoms with E-state index in [9.17, 15) is 14.0 Å². The minimum absolute atomic E-state index is 0.00369. The predicted molar refractivity (Wildman–Crippen MR) is 108 cm³/mol. The summed E-state index contributed by atoms with van der Waals surface area (Å²) in [6.45, 7) is 1.90. The summed E-state index contributed by atoms with van der Waals surface area (Å²) in [4.78, 5) is 28.6. The molecule has 0 radical (unpaired) electrons. The SMILES string of the molecule is NC[C@H](C(=O)Nc1ccc(N2CCOCC2=O)cc1F)N(CC1CC1)C1CCC1. The number of amides is 2. The highest BCUT2D eigenvalue weighted by molar-refractivity contribution is 5.97. The number of carbonyl (C=O) groups excluding carboxylic acids is 2. The Morgan fingerprint density at radius 3 is 2.72 bits per heavy atom. The zero-order chi connectivity index (χ0) is 20.4. The lowest BCUT2D eigenvalue weighted by molar-refractivity contribution is -0.125. The van der Waals surface area contributed by atoms with Crippen LogP contribution in [0.1, 0.15) is 32.1 Å². The Morgan fingerprint density at radius 2 is 2.14 bits per heavy atom. The van der Waals surface area contributed by atoms with Crippen molar-refractivity contribution in [3.63, 3.8) is 0 Å². The molecular weight excluding hydrogens is 375 g/mol. The van der Waals surface area contributed by atoms with Gasteiger partial charge in [-0.2, -0.15) is 0 Å². The number of halogens is 1. The van der Waals surface area contributed by atoms with Crippen LogP contribution in [0.5, 0.6) is 0 Å². The number of anilines is 2.